The molecule has 1 unspecified atom stereocenters. The summed E-state index contributed by atoms with van der Waals surface area (Å²) in [6, 6.07) is 7.88. The molecule has 2 rings (SSSR count). The molecule has 0 aliphatic carbocycles. The van der Waals surface area contributed by atoms with E-state index in [9.17, 15) is 0 Å². The fourth-order valence-corrected chi connectivity index (χ4v) is 2.50. The first-order valence-electron chi connectivity index (χ1n) is 6.62. The lowest BCUT2D eigenvalue weighted by atomic mass is 10.1. The number of nitrogens with zero attached hydrogens (tertiary/aromatic N) is 2. The van der Waals surface area contributed by atoms with Gasteiger partial charge in [-0.05, 0) is 32.5 Å². The second-order valence-electron chi connectivity index (χ2n) is 4.93. The number of para-hydroxylation sites is 1. The summed E-state index contributed by atoms with van der Waals surface area (Å²) in [4.78, 5) is 2.28. The van der Waals surface area contributed by atoms with Gasteiger partial charge in [-0.3, -0.25) is 0 Å². The van der Waals surface area contributed by atoms with Crippen molar-refractivity contribution in [3.05, 3.63) is 23.8 Å². The zero-order valence-corrected chi connectivity index (χ0v) is 11.6. The van der Waals surface area contributed by atoms with E-state index in [-0.39, 0.29) is 6.10 Å². The number of hydrogen-bond acceptors (Lipinski definition) is 4. The Morgan fingerprint density at radius 3 is 3.00 bits per heavy atom. The highest BCUT2D eigenvalue weighted by Gasteiger charge is 2.20. The topological polar surface area (TPSA) is 45.5 Å². The molecule has 0 N–H and O–H groups in total. The first-order valence-corrected chi connectivity index (χ1v) is 6.62. The van der Waals surface area contributed by atoms with E-state index in [1.165, 1.54) is 0 Å². The lowest BCUT2D eigenvalue weighted by Crippen LogP contribution is -2.38. The summed E-state index contributed by atoms with van der Waals surface area (Å²) in [6.45, 7) is 2.07. The molecule has 1 aromatic carbocycles. The number of likely N-dealkylation sites (N-methyl/N-ethyl adjacent to an activating group) is 1. The number of methoxy groups -OCH3 is 1. The molecule has 0 amide bonds. The van der Waals surface area contributed by atoms with Gasteiger partial charge in [0.15, 0.2) is 11.5 Å². The Morgan fingerprint density at radius 1 is 1.47 bits per heavy atom. The molecule has 19 heavy (non-hydrogen) atoms. The highest BCUT2D eigenvalue weighted by Crippen LogP contribution is 2.33. The third-order valence-electron chi connectivity index (χ3n) is 3.41. The molecule has 1 heterocycles. The number of rotatable bonds is 4. The van der Waals surface area contributed by atoms with Gasteiger partial charge in [0.1, 0.15) is 6.10 Å². The van der Waals surface area contributed by atoms with Crippen molar-refractivity contribution < 1.29 is 9.47 Å². The second kappa shape index (κ2) is 6.44. The number of likely N-dealkylation sites (tertiary alicyclic amines) is 1. The van der Waals surface area contributed by atoms with E-state index < -0.39 is 0 Å². The van der Waals surface area contributed by atoms with Crippen LogP contribution in [0.5, 0.6) is 11.5 Å². The number of benzene rings is 1. The van der Waals surface area contributed by atoms with E-state index in [0.717, 1.165) is 37.2 Å². The van der Waals surface area contributed by atoms with Gasteiger partial charge in [-0.2, -0.15) is 5.26 Å². The molecule has 0 radical (unpaired) electrons. The minimum Gasteiger partial charge on any atom is -0.493 e. The summed E-state index contributed by atoms with van der Waals surface area (Å²) >= 11 is 0. The van der Waals surface area contributed by atoms with Crippen LogP contribution in [0.4, 0.5) is 0 Å². The van der Waals surface area contributed by atoms with Crippen molar-refractivity contribution >= 4 is 0 Å². The SMILES string of the molecule is COc1c(CC#N)cccc1OC1CCCN(C)C1. The molecule has 1 aromatic rings. The summed E-state index contributed by atoms with van der Waals surface area (Å²) in [7, 11) is 3.73. The van der Waals surface area contributed by atoms with Crippen molar-refractivity contribution in [2.75, 3.05) is 27.2 Å². The van der Waals surface area contributed by atoms with Gasteiger partial charge in [-0.15, -0.1) is 0 Å². The summed E-state index contributed by atoms with van der Waals surface area (Å²) in [6.07, 6.45) is 2.76. The van der Waals surface area contributed by atoms with Gasteiger partial charge in [0.25, 0.3) is 0 Å². The highest BCUT2D eigenvalue weighted by molar-refractivity contribution is 5.47. The maximum atomic E-state index is 8.83. The van der Waals surface area contributed by atoms with Crippen LogP contribution < -0.4 is 9.47 Å². The van der Waals surface area contributed by atoms with Gasteiger partial charge in [0.2, 0.25) is 0 Å². The van der Waals surface area contributed by atoms with Crippen LogP contribution in [0.15, 0.2) is 18.2 Å². The Hall–Kier alpha value is -1.73. The molecule has 1 saturated heterocycles. The van der Waals surface area contributed by atoms with E-state index in [0.29, 0.717) is 12.2 Å². The third kappa shape index (κ3) is 3.39. The summed E-state index contributed by atoms with van der Waals surface area (Å²) in [5.41, 5.74) is 0.881. The van der Waals surface area contributed by atoms with Crippen LogP contribution in [0.3, 0.4) is 0 Å². The van der Waals surface area contributed by atoms with Gasteiger partial charge >= 0.3 is 0 Å². The Labute approximate surface area is 114 Å². The average Bonchev–Trinajstić information content (AvgIpc) is 2.39. The van der Waals surface area contributed by atoms with Crippen molar-refractivity contribution in [1.29, 1.82) is 5.26 Å². The average molecular weight is 260 g/mol. The smallest absolute Gasteiger partial charge is 0.164 e. The Kier molecular flexibility index (Phi) is 4.64. The molecule has 1 fully saturated rings. The van der Waals surface area contributed by atoms with Crippen molar-refractivity contribution in [1.82, 2.24) is 4.90 Å². The molecule has 0 spiro atoms. The predicted molar refractivity (Wildman–Crippen MR) is 73.5 cm³/mol. The van der Waals surface area contributed by atoms with Gasteiger partial charge in [-0.25, -0.2) is 0 Å². The maximum absolute atomic E-state index is 8.83. The minimum atomic E-state index is 0.199. The van der Waals surface area contributed by atoms with Crippen LogP contribution in [0.1, 0.15) is 18.4 Å². The summed E-state index contributed by atoms with van der Waals surface area (Å²) < 4.78 is 11.5. The molecule has 1 aliphatic heterocycles. The predicted octanol–water partition coefficient (Wildman–Crippen LogP) is 2.23. The molecule has 4 nitrogen and oxygen atoms in total. The Balaban J connectivity index is 2.15. The first kappa shape index (κ1) is 13.7. The van der Waals surface area contributed by atoms with Crippen molar-refractivity contribution in [2.45, 2.75) is 25.4 Å². The molecule has 0 bridgehead atoms. The van der Waals surface area contributed by atoms with Gasteiger partial charge < -0.3 is 14.4 Å². The summed E-state index contributed by atoms with van der Waals surface area (Å²) in [5.74, 6) is 1.44. The first-order chi connectivity index (χ1) is 9.24. The number of ether oxygens (including phenoxy) is 2. The van der Waals surface area contributed by atoms with Crippen LogP contribution in [0, 0.1) is 11.3 Å². The largest absolute Gasteiger partial charge is 0.493 e. The molecule has 0 saturated carbocycles. The molecular formula is C15H20N2O2. The van der Waals surface area contributed by atoms with Gasteiger partial charge in [-0.1, -0.05) is 12.1 Å². The van der Waals surface area contributed by atoms with Crippen LogP contribution in [-0.2, 0) is 6.42 Å². The second-order valence-corrected chi connectivity index (χ2v) is 4.93. The zero-order valence-electron chi connectivity index (χ0n) is 11.6. The molecule has 1 atom stereocenters. The van der Waals surface area contributed by atoms with Crippen LogP contribution >= 0.6 is 0 Å². The van der Waals surface area contributed by atoms with E-state index >= 15 is 0 Å². The Morgan fingerprint density at radius 2 is 2.32 bits per heavy atom. The van der Waals surface area contributed by atoms with Crippen molar-refractivity contribution in [2.24, 2.45) is 0 Å². The van der Waals surface area contributed by atoms with Crippen molar-refractivity contribution in [3.8, 4) is 17.6 Å². The van der Waals surface area contributed by atoms with E-state index in [2.05, 4.69) is 18.0 Å². The number of piperidine rings is 1. The van der Waals surface area contributed by atoms with Crippen LogP contribution in [-0.4, -0.2) is 38.3 Å². The quantitative estimate of drug-likeness (QED) is 0.833. The normalized spacial score (nSPS) is 19.7. The van der Waals surface area contributed by atoms with Crippen LogP contribution in [0.2, 0.25) is 0 Å². The third-order valence-corrected chi connectivity index (χ3v) is 3.41. The molecule has 4 heteroatoms. The van der Waals surface area contributed by atoms with Crippen LogP contribution in [0.25, 0.3) is 0 Å². The van der Waals surface area contributed by atoms with Gasteiger partial charge in [0.05, 0.1) is 19.6 Å². The molecule has 0 aromatic heterocycles. The zero-order chi connectivity index (χ0) is 13.7. The summed E-state index contributed by atoms with van der Waals surface area (Å²) in [5, 5.41) is 8.83. The van der Waals surface area contributed by atoms with E-state index in [1.807, 2.05) is 18.2 Å². The molecule has 102 valence electrons. The van der Waals surface area contributed by atoms with Crippen molar-refractivity contribution in [3.63, 3.8) is 0 Å². The highest BCUT2D eigenvalue weighted by atomic mass is 16.5. The molecule has 1 aliphatic rings. The lowest BCUT2D eigenvalue weighted by Gasteiger charge is -2.30. The molecular weight excluding hydrogens is 240 g/mol. The maximum Gasteiger partial charge on any atom is 0.164 e. The fourth-order valence-electron chi connectivity index (χ4n) is 2.50. The monoisotopic (exact) mass is 260 g/mol. The van der Waals surface area contributed by atoms with E-state index in [4.69, 9.17) is 14.7 Å². The fraction of sp³-hybridized carbons (Fsp3) is 0.533. The van der Waals surface area contributed by atoms with Gasteiger partial charge in [0, 0.05) is 12.1 Å². The van der Waals surface area contributed by atoms with E-state index in [1.54, 1.807) is 7.11 Å². The number of hydrogen-bond donors (Lipinski definition) is 0. The standard InChI is InChI=1S/C15H20N2O2/c1-17-10-4-6-13(11-17)19-14-7-3-5-12(8-9-16)15(14)18-2/h3,5,7,13H,4,6,8,10-11H2,1-2H3. The minimum absolute atomic E-state index is 0.199. The lowest BCUT2D eigenvalue weighted by molar-refractivity contribution is 0.101. The number of nitriles is 1. The Bertz CT molecular complexity index is 468.